The van der Waals surface area contributed by atoms with Crippen LogP contribution in [0.3, 0.4) is 0 Å². The highest BCUT2D eigenvalue weighted by molar-refractivity contribution is 6.08. The minimum atomic E-state index is -0.401. The number of carbonyl (C=O) groups excluding carboxylic acids is 2. The molecule has 2 aromatic carbocycles. The van der Waals surface area contributed by atoms with Gasteiger partial charge in [0.15, 0.2) is 0 Å². The van der Waals surface area contributed by atoms with Crippen molar-refractivity contribution in [1.82, 2.24) is 9.88 Å². The second kappa shape index (κ2) is 4.84. The molecule has 1 atom stereocenters. The van der Waals surface area contributed by atoms with Gasteiger partial charge in [-0.25, -0.2) is 0 Å². The third-order valence-corrected chi connectivity index (χ3v) is 4.12. The number of hydrogen-bond donors (Lipinski definition) is 1. The molecular weight excluding hydrogens is 276 g/mol. The minimum Gasteiger partial charge on any atom is -0.316 e. The normalized spacial score (nSPS) is 17.9. The monoisotopic (exact) mass is 290 g/mol. The Kier molecular flexibility index (Phi) is 2.82. The molecule has 3 aromatic rings. The molecule has 1 aliphatic rings. The number of benzene rings is 2. The van der Waals surface area contributed by atoms with E-state index in [9.17, 15) is 9.59 Å². The molecule has 0 bridgehead atoms. The first-order valence-corrected chi connectivity index (χ1v) is 7.23. The number of imide groups is 1. The van der Waals surface area contributed by atoms with Gasteiger partial charge in [-0.05, 0) is 23.8 Å². The number of nitrogens with zero attached hydrogens (tertiary/aromatic N) is 1. The Morgan fingerprint density at radius 3 is 2.41 bits per heavy atom. The lowest BCUT2D eigenvalue weighted by molar-refractivity contribution is -0.125. The van der Waals surface area contributed by atoms with Crippen molar-refractivity contribution in [1.29, 1.82) is 0 Å². The van der Waals surface area contributed by atoms with E-state index in [1.807, 2.05) is 60.8 Å². The quantitative estimate of drug-likeness (QED) is 0.738. The molecule has 0 aliphatic carbocycles. The summed E-state index contributed by atoms with van der Waals surface area (Å²) in [5.41, 5.74) is 2.98. The van der Waals surface area contributed by atoms with E-state index >= 15 is 0 Å². The van der Waals surface area contributed by atoms with E-state index in [2.05, 4.69) is 9.88 Å². The third kappa shape index (κ3) is 1.92. The summed E-state index contributed by atoms with van der Waals surface area (Å²) in [6, 6.07) is 17.9. The summed E-state index contributed by atoms with van der Waals surface area (Å²) >= 11 is 0. The number of amides is 2. The first-order chi connectivity index (χ1) is 10.7. The first kappa shape index (κ1) is 12.8. The molecule has 1 aromatic heterocycles. The maximum absolute atomic E-state index is 12.0. The lowest BCUT2D eigenvalue weighted by Crippen LogP contribution is -2.21. The zero-order valence-electron chi connectivity index (χ0n) is 11.8. The average Bonchev–Trinajstić information content (AvgIpc) is 3.08. The molecule has 22 heavy (non-hydrogen) atoms. The minimum absolute atomic E-state index is 0.202. The van der Waals surface area contributed by atoms with Crippen molar-refractivity contribution >= 4 is 22.7 Å². The molecule has 1 N–H and O–H groups in total. The van der Waals surface area contributed by atoms with Crippen molar-refractivity contribution in [3.8, 4) is 5.69 Å². The van der Waals surface area contributed by atoms with Gasteiger partial charge < -0.3 is 4.57 Å². The Morgan fingerprint density at radius 2 is 1.68 bits per heavy atom. The largest absolute Gasteiger partial charge is 0.316 e. The van der Waals surface area contributed by atoms with Crippen molar-refractivity contribution in [2.24, 2.45) is 0 Å². The van der Waals surface area contributed by atoms with Crippen LogP contribution in [0.1, 0.15) is 17.9 Å². The predicted octanol–water partition coefficient (Wildman–Crippen LogP) is 2.76. The number of fused-ring (bicyclic) bond motifs is 1. The maximum Gasteiger partial charge on any atom is 0.234 e. The Hall–Kier alpha value is -2.88. The topological polar surface area (TPSA) is 51.1 Å². The SMILES string of the molecule is O=C1CC(c2cn(-c3ccccc3)c3ccccc23)C(=O)N1. The van der Waals surface area contributed by atoms with E-state index in [0.717, 1.165) is 22.2 Å². The Bertz CT molecular complexity index is 880. The molecule has 2 heterocycles. The van der Waals surface area contributed by atoms with Crippen molar-refractivity contribution in [3.63, 3.8) is 0 Å². The van der Waals surface area contributed by atoms with E-state index in [0.29, 0.717) is 0 Å². The Labute approximate surface area is 127 Å². The van der Waals surface area contributed by atoms with Gasteiger partial charge in [0.1, 0.15) is 0 Å². The van der Waals surface area contributed by atoms with Crippen molar-refractivity contribution in [2.45, 2.75) is 12.3 Å². The van der Waals surface area contributed by atoms with Crippen LogP contribution in [0.5, 0.6) is 0 Å². The molecule has 0 radical (unpaired) electrons. The lowest BCUT2D eigenvalue weighted by atomic mass is 9.97. The molecule has 1 fully saturated rings. The standard InChI is InChI=1S/C18H14N2O2/c21-17-10-14(18(22)19-17)15-11-20(12-6-2-1-3-7-12)16-9-5-4-8-13(15)16/h1-9,11,14H,10H2,(H,19,21,22). The molecular formula is C18H14N2O2. The summed E-state index contributed by atoms with van der Waals surface area (Å²) in [7, 11) is 0. The second-order valence-corrected chi connectivity index (χ2v) is 5.48. The summed E-state index contributed by atoms with van der Waals surface area (Å²) in [6.07, 6.45) is 2.20. The number of rotatable bonds is 2. The molecule has 0 spiro atoms. The third-order valence-electron chi connectivity index (χ3n) is 4.12. The highest BCUT2D eigenvalue weighted by Gasteiger charge is 2.33. The average molecular weight is 290 g/mol. The van der Waals surface area contributed by atoms with Crippen LogP contribution in [-0.2, 0) is 9.59 Å². The van der Waals surface area contributed by atoms with Gasteiger partial charge in [0.25, 0.3) is 0 Å². The molecule has 0 saturated carbocycles. The van der Waals surface area contributed by atoms with E-state index in [1.165, 1.54) is 0 Å². The molecule has 4 rings (SSSR count). The van der Waals surface area contributed by atoms with Crippen LogP contribution in [0.25, 0.3) is 16.6 Å². The lowest BCUT2D eigenvalue weighted by Gasteiger charge is -2.04. The number of hydrogen-bond acceptors (Lipinski definition) is 2. The fourth-order valence-corrected chi connectivity index (χ4v) is 3.09. The van der Waals surface area contributed by atoms with Crippen molar-refractivity contribution < 1.29 is 9.59 Å². The van der Waals surface area contributed by atoms with Gasteiger partial charge in [0.05, 0.1) is 11.4 Å². The predicted molar refractivity (Wildman–Crippen MR) is 83.8 cm³/mol. The van der Waals surface area contributed by atoms with Gasteiger partial charge in [-0.15, -0.1) is 0 Å². The summed E-state index contributed by atoms with van der Waals surface area (Å²) in [5.74, 6) is -0.810. The van der Waals surface area contributed by atoms with Crippen molar-refractivity contribution in [3.05, 3.63) is 66.4 Å². The van der Waals surface area contributed by atoms with Crippen LogP contribution in [0, 0.1) is 0 Å². The van der Waals surface area contributed by atoms with E-state index in [1.54, 1.807) is 0 Å². The first-order valence-electron chi connectivity index (χ1n) is 7.23. The van der Waals surface area contributed by atoms with Gasteiger partial charge in [0, 0.05) is 23.7 Å². The molecule has 2 amide bonds. The number of carbonyl (C=O) groups is 2. The molecule has 1 aliphatic heterocycles. The van der Waals surface area contributed by atoms with Gasteiger partial charge in [-0.2, -0.15) is 0 Å². The van der Waals surface area contributed by atoms with Gasteiger partial charge in [-0.1, -0.05) is 36.4 Å². The Balaban J connectivity index is 1.94. The molecule has 1 unspecified atom stereocenters. The van der Waals surface area contributed by atoms with Crippen LogP contribution in [0.4, 0.5) is 0 Å². The summed E-state index contributed by atoms with van der Waals surface area (Å²) < 4.78 is 2.07. The van der Waals surface area contributed by atoms with Crippen LogP contribution < -0.4 is 5.32 Å². The van der Waals surface area contributed by atoms with Gasteiger partial charge in [-0.3, -0.25) is 14.9 Å². The van der Waals surface area contributed by atoms with Crippen LogP contribution in [0.2, 0.25) is 0 Å². The van der Waals surface area contributed by atoms with Crippen LogP contribution in [-0.4, -0.2) is 16.4 Å². The summed E-state index contributed by atoms with van der Waals surface area (Å²) in [4.78, 5) is 23.5. The number of para-hydroxylation sites is 2. The molecule has 4 heteroatoms. The van der Waals surface area contributed by atoms with Crippen LogP contribution >= 0.6 is 0 Å². The maximum atomic E-state index is 12.0. The summed E-state index contributed by atoms with van der Waals surface area (Å²) in [5, 5.41) is 3.41. The highest BCUT2D eigenvalue weighted by atomic mass is 16.2. The van der Waals surface area contributed by atoms with E-state index in [4.69, 9.17) is 0 Å². The number of aromatic nitrogens is 1. The zero-order valence-corrected chi connectivity index (χ0v) is 11.8. The number of nitrogens with one attached hydrogen (secondary N) is 1. The van der Waals surface area contributed by atoms with E-state index < -0.39 is 5.92 Å². The fraction of sp³-hybridized carbons (Fsp3) is 0.111. The smallest absolute Gasteiger partial charge is 0.234 e. The van der Waals surface area contributed by atoms with Crippen LogP contribution in [0.15, 0.2) is 60.8 Å². The Morgan fingerprint density at radius 1 is 0.955 bits per heavy atom. The van der Waals surface area contributed by atoms with E-state index in [-0.39, 0.29) is 18.2 Å². The highest BCUT2D eigenvalue weighted by Crippen LogP contribution is 2.33. The zero-order chi connectivity index (χ0) is 15.1. The second-order valence-electron chi connectivity index (χ2n) is 5.48. The summed E-state index contributed by atoms with van der Waals surface area (Å²) in [6.45, 7) is 0. The van der Waals surface area contributed by atoms with Gasteiger partial charge in [0.2, 0.25) is 11.8 Å². The molecule has 108 valence electrons. The van der Waals surface area contributed by atoms with Gasteiger partial charge >= 0.3 is 0 Å². The van der Waals surface area contributed by atoms with Crippen molar-refractivity contribution in [2.75, 3.05) is 0 Å². The molecule has 4 nitrogen and oxygen atoms in total. The fourth-order valence-electron chi connectivity index (χ4n) is 3.09. The molecule has 1 saturated heterocycles.